The van der Waals surface area contributed by atoms with Gasteiger partial charge in [-0.15, -0.1) is 0 Å². The number of hydrogen-bond acceptors (Lipinski definition) is 5. The predicted octanol–water partition coefficient (Wildman–Crippen LogP) is 3.19. The van der Waals surface area contributed by atoms with E-state index in [0.717, 1.165) is 24.1 Å². The molecule has 31 heavy (non-hydrogen) atoms. The number of amides is 2. The highest BCUT2D eigenvalue weighted by Gasteiger charge is 2.39. The molecule has 0 radical (unpaired) electrons. The summed E-state index contributed by atoms with van der Waals surface area (Å²) >= 11 is 0. The van der Waals surface area contributed by atoms with Gasteiger partial charge in [-0.3, -0.25) is 9.59 Å². The summed E-state index contributed by atoms with van der Waals surface area (Å²) in [5.41, 5.74) is 2.22. The van der Waals surface area contributed by atoms with E-state index in [1.165, 1.54) is 7.11 Å². The molecule has 164 valence electrons. The smallest absolute Gasteiger partial charge is 0.230 e. The Labute approximate surface area is 182 Å². The van der Waals surface area contributed by atoms with Gasteiger partial charge in [0.1, 0.15) is 5.75 Å². The van der Waals surface area contributed by atoms with Gasteiger partial charge in [-0.25, -0.2) is 8.42 Å². The molecule has 0 spiro atoms. The molecule has 1 fully saturated rings. The second-order valence-corrected chi connectivity index (χ2v) is 10.3. The Kier molecular flexibility index (Phi) is 5.75. The van der Waals surface area contributed by atoms with Crippen LogP contribution in [-0.2, 0) is 25.8 Å². The highest BCUT2D eigenvalue weighted by atomic mass is 32.2. The number of methoxy groups -OCH3 is 1. The van der Waals surface area contributed by atoms with E-state index in [0.29, 0.717) is 17.9 Å². The van der Waals surface area contributed by atoms with Gasteiger partial charge < -0.3 is 15.0 Å². The first-order valence-electron chi connectivity index (χ1n) is 10.4. The number of rotatable bonds is 7. The molecule has 1 N–H and O–H groups in total. The van der Waals surface area contributed by atoms with Crippen molar-refractivity contribution in [1.29, 1.82) is 0 Å². The fraction of sp³-hybridized carbons (Fsp3) is 0.391. The van der Waals surface area contributed by atoms with Crippen LogP contribution in [0.3, 0.4) is 0 Å². The number of benzene rings is 2. The van der Waals surface area contributed by atoms with Crippen LogP contribution in [0.5, 0.6) is 5.75 Å². The van der Waals surface area contributed by atoms with Crippen LogP contribution >= 0.6 is 0 Å². The molecule has 0 aromatic heterocycles. The zero-order valence-electron chi connectivity index (χ0n) is 17.6. The monoisotopic (exact) mass is 442 g/mol. The van der Waals surface area contributed by atoms with Crippen LogP contribution in [0, 0.1) is 5.92 Å². The highest BCUT2D eigenvalue weighted by molar-refractivity contribution is 7.91. The van der Waals surface area contributed by atoms with Gasteiger partial charge in [0.15, 0.2) is 9.84 Å². The van der Waals surface area contributed by atoms with E-state index < -0.39 is 9.84 Å². The minimum atomic E-state index is -3.63. The maximum absolute atomic E-state index is 12.8. The number of carbonyl (C=O) groups is 2. The Morgan fingerprint density at radius 1 is 1.16 bits per heavy atom. The fourth-order valence-corrected chi connectivity index (χ4v) is 5.22. The third-order valence-corrected chi connectivity index (χ3v) is 7.45. The first-order valence-corrected chi connectivity index (χ1v) is 12.1. The summed E-state index contributed by atoms with van der Waals surface area (Å²) in [5.74, 6) is 0.179. The van der Waals surface area contributed by atoms with Crippen molar-refractivity contribution < 1.29 is 22.7 Å². The summed E-state index contributed by atoms with van der Waals surface area (Å²) in [6, 6.07) is 11.8. The molecule has 7 nitrogen and oxygen atoms in total. The topological polar surface area (TPSA) is 92.8 Å². The van der Waals surface area contributed by atoms with Gasteiger partial charge in [0.05, 0.1) is 17.8 Å². The van der Waals surface area contributed by atoms with Gasteiger partial charge in [-0.05, 0) is 62.1 Å². The molecule has 2 aromatic rings. The zero-order chi connectivity index (χ0) is 22.2. The van der Waals surface area contributed by atoms with Gasteiger partial charge in [0.2, 0.25) is 11.8 Å². The number of anilines is 2. The van der Waals surface area contributed by atoms with Crippen LogP contribution in [-0.4, -0.2) is 39.1 Å². The molecule has 1 atom stereocenters. The second kappa shape index (κ2) is 8.34. The van der Waals surface area contributed by atoms with E-state index in [1.54, 1.807) is 42.5 Å². The minimum absolute atomic E-state index is 0.0229. The van der Waals surface area contributed by atoms with Crippen molar-refractivity contribution in [3.63, 3.8) is 0 Å². The number of fused-ring (bicyclic) bond motifs is 1. The Balaban J connectivity index is 1.42. The average Bonchev–Trinajstić information content (AvgIpc) is 3.54. The molecule has 2 amide bonds. The Hall–Kier alpha value is -2.87. The van der Waals surface area contributed by atoms with E-state index in [-0.39, 0.29) is 40.8 Å². The summed E-state index contributed by atoms with van der Waals surface area (Å²) in [6.07, 6.45) is 2.34. The van der Waals surface area contributed by atoms with Crippen molar-refractivity contribution in [2.24, 2.45) is 5.92 Å². The molecule has 0 saturated heterocycles. The molecular weight excluding hydrogens is 416 g/mol. The lowest BCUT2D eigenvalue weighted by Gasteiger charge is -2.22. The molecule has 4 rings (SSSR count). The van der Waals surface area contributed by atoms with Crippen molar-refractivity contribution in [3.05, 3.63) is 48.0 Å². The van der Waals surface area contributed by atoms with Crippen LogP contribution in [0.1, 0.15) is 31.7 Å². The maximum atomic E-state index is 12.8. The van der Waals surface area contributed by atoms with Crippen molar-refractivity contribution in [1.82, 2.24) is 0 Å². The van der Waals surface area contributed by atoms with Crippen LogP contribution in [0.4, 0.5) is 11.4 Å². The van der Waals surface area contributed by atoms with Gasteiger partial charge in [0, 0.05) is 35.8 Å². The third-order valence-electron chi connectivity index (χ3n) is 5.74. The Morgan fingerprint density at radius 3 is 2.65 bits per heavy atom. The van der Waals surface area contributed by atoms with E-state index in [2.05, 4.69) is 5.32 Å². The first-order chi connectivity index (χ1) is 14.8. The summed E-state index contributed by atoms with van der Waals surface area (Å²) in [5, 5.41) is 2.70. The number of carbonyl (C=O) groups excluding carboxylic acids is 2. The van der Waals surface area contributed by atoms with E-state index >= 15 is 0 Å². The van der Waals surface area contributed by atoms with Crippen molar-refractivity contribution in [2.75, 3.05) is 23.1 Å². The average molecular weight is 443 g/mol. The van der Waals surface area contributed by atoms with Crippen molar-refractivity contribution >= 4 is 33.0 Å². The molecule has 8 heteroatoms. The standard InChI is InChI=1S/C23H26N2O5S/c1-15-12-17-13-20(8-9-21(17)25(15)23(27)16-6-7-16)31(28,29)11-10-22(26)24-18-4-3-5-19(14-18)30-2/h3-5,8-9,13-16H,6-7,10-12H2,1-2H3,(H,24,26)/t15-/m1/s1. The van der Waals surface area contributed by atoms with Crippen LogP contribution < -0.4 is 15.0 Å². The number of nitrogens with zero attached hydrogens (tertiary/aromatic N) is 1. The third kappa shape index (κ3) is 4.58. The molecule has 1 heterocycles. The summed E-state index contributed by atoms with van der Waals surface area (Å²) in [6.45, 7) is 1.98. The number of hydrogen-bond donors (Lipinski definition) is 1. The van der Waals surface area contributed by atoms with Crippen LogP contribution in [0.15, 0.2) is 47.4 Å². The lowest BCUT2D eigenvalue weighted by atomic mass is 10.1. The predicted molar refractivity (Wildman–Crippen MR) is 118 cm³/mol. The maximum Gasteiger partial charge on any atom is 0.230 e. The summed E-state index contributed by atoms with van der Waals surface area (Å²) in [7, 11) is -2.10. The van der Waals surface area contributed by atoms with Gasteiger partial charge >= 0.3 is 0 Å². The molecule has 0 bridgehead atoms. The second-order valence-electron chi connectivity index (χ2n) is 8.18. The SMILES string of the molecule is COc1cccc(NC(=O)CCS(=O)(=O)c2ccc3c(c2)C[C@@H](C)N3C(=O)C2CC2)c1. The van der Waals surface area contributed by atoms with Crippen LogP contribution in [0.25, 0.3) is 0 Å². The van der Waals surface area contributed by atoms with E-state index in [9.17, 15) is 18.0 Å². The normalized spacial score (nSPS) is 17.9. The molecule has 0 unspecified atom stereocenters. The molecule has 1 aliphatic carbocycles. The number of sulfone groups is 1. The number of nitrogens with one attached hydrogen (secondary N) is 1. The molecule has 2 aliphatic rings. The first kappa shape index (κ1) is 21.4. The van der Waals surface area contributed by atoms with Gasteiger partial charge in [-0.1, -0.05) is 6.07 Å². The largest absolute Gasteiger partial charge is 0.497 e. The van der Waals surface area contributed by atoms with Crippen LogP contribution in [0.2, 0.25) is 0 Å². The Morgan fingerprint density at radius 2 is 1.94 bits per heavy atom. The van der Waals surface area contributed by atoms with Crippen molar-refractivity contribution in [3.8, 4) is 5.75 Å². The lowest BCUT2D eigenvalue weighted by molar-refractivity contribution is -0.120. The van der Waals surface area contributed by atoms with E-state index in [1.807, 2.05) is 11.8 Å². The molecular formula is C23H26N2O5S. The lowest BCUT2D eigenvalue weighted by Crippen LogP contribution is -2.36. The van der Waals surface area contributed by atoms with E-state index in [4.69, 9.17) is 4.74 Å². The Bertz CT molecular complexity index is 1120. The van der Waals surface area contributed by atoms with Crippen molar-refractivity contribution in [2.45, 2.75) is 43.5 Å². The summed E-state index contributed by atoms with van der Waals surface area (Å²) < 4.78 is 30.8. The zero-order valence-corrected chi connectivity index (χ0v) is 18.4. The minimum Gasteiger partial charge on any atom is -0.497 e. The van der Waals surface area contributed by atoms with Gasteiger partial charge in [0.25, 0.3) is 0 Å². The van der Waals surface area contributed by atoms with Gasteiger partial charge in [-0.2, -0.15) is 0 Å². The number of ether oxygens (including phenoxy) is 1. The molecule has 2 aromatic carbocycles. The quantitative estimate of drug-likeness (QED) is 0.711. The molecule has 1 saturated carbocycles. The highest BCUT2D eigenvalue weighted by Crippen LogP contribution is 2.39. The summed E-state index contributed by atoms with van der Waals surface area (Å²) in [4.78, 5) is 26.8. The molecule has 1 aliphatic heterocycles. The fourth-order valence-electron chi connectivity index (χ4n) is 3.93.